The summed E-state index contributed by atoms with van der Waals surface area (Å²) in [4.78, 5) is 56.6. The number of sulfone groups is 2. The largest absolute Gasteiger partial charge is 0.348 e. The van der Waals surface area contributed by atoms with Crippen LogP contribution in [0.1, 0.15) is 167 Å². The number of amides is 2. The molecule has 0 fully saturated rings. The zero-order chi connectivity index (χ0) is 57.5. The molecule has 4 aromatic heterocycles. The van der Waals surface area contributed by atoms with Gasteiger partial charge in [0.25, 0.3) is 11.8 Å². The Balaban J connectivity index is 0.000000264. The number of carbonyl (C=O) groups excluding carboxylic acids is 2. The third-order valence-electron chi connectivity index (χ3n) is 13.5. The standard InChI is InChI=1S/C25H29N5O3S.C20H25N3O3S.C8H19N.C6H8N2.CH4/c1-5-34(32,33)21-8-6-18(7-9-21)13-28-24(31)19-12-20-15-30(25-26-11-10-17(4)29-25)23(16(2)3)22(20)27-14-19;1-4-27(25,26)17-7-5-14(6-8-17)10-23-20(24)16-9-15-11-21-18(13(2)3)19(15)22-12-16;1-6-9(7(2)3)8(4)5;1-5-3-4-7-6(2)8-5;/h6-12,14,16,23H,5,13,15H2,1-4H3,(H,28,31);5-9,12-13,18,21H,4,10-11H2,1-3H3,(H,23,24);7-8H,6H2,1-5H3;3-4H,1-2H3;1H4/t23-;18-;;;/m00.../s1. The lowest BCUT2D eigenvalue weighted by Crippen LogP contribution is -2.36. The Morgan fingerprint density at radius 3 is 1.49 bits per heavy atom. The van der Waals surface area contributed by atoms with Gasteiger partial charge in [0.15, 0.2) is 19.7 Å². The first kappa shape index (κ1) is 65.0. The topological polar surface area (TPSA) is 222 Å². The van der Waals surface area contributed by atoms with Crippen molar-refractivity contribution in [2.24, 2.45) is 11.8 Å². The minimum absolute atomic E-state index is 0. The summed E-state index contributed by atoms with van der Waals surface area (Å²) in [5.74, 6) is 1.94. The number of nitrogens with one attached hydrogen (secondary N) is 3. The highest BCUT2D eigenvalue weighted by Gasteiger charge is 2.36. The summed E-state index contributed by atoms with van der Waals surface area (Å²) in [6.07, 6.45) is 6.75. The van der Waals surface area contributed by atoms with Crippen molar-refractivity contribution in [1.29, 1.82) is 0 Å². The predicted molar refractivity (Wildman–Crippen MR) is 315 cm³/mol. The van der Waals surface area contributed by atoms with Gasteiger partial charge in [-0.3, -0.25) is 24.5 Å². The van der Waals surface area contributed by atoms with Gasteiger partial charge in [-0.05, 0) is 138 Å². The van der Waals surface area contributed by atoms with E-state index < -0.39 is 19.7 Å². The molecule has 0 saturated heterocycles. The maximum atomic E-state index is 12.8. The molecule has 2 aliphatic rings. The summed E-state index contributed by atoms with van der Waals surface area (Å²) < 4.78 is 47.6. The number of pyridine rings is 2. The molecule has 79 heavy (non-hydrogen) atoms. The van der Waals surface area contributed by atoms with Crippen molar-refractivity contribution < 1.29 is 26.4 Å². The summed E-state index contributed by atoms with van der Waals surface area (Å²) in [5, 5.41) is 9.18. The molecule has 0 aliphatic carbocycles. The highest BCUT2D eigenvalue weighted by molar-refractivity contribution is 7.91. The zero-order valence-electron chi connectivity index (χ0n) is 48.0. The van der Waals surface area contributed by atoms with Crippen LogP contribution in [0.25, 0.3) is 0 Å². The van der Waals surface area contributed by atoms with E-state index in [2.05, 4.69) is 118 Å². The van der Waals surface area contributed by atoms with Crippen molar-refractivity contribution in [3.63, 3.8) is 0 Å². The molecule has 0 radical (unpaired) electrons. The van der Waals surface area contributed by atoms with E-state index in [1.54, 1.807) is 87.2 Å². The first-order valence-corrected chi connectivity index (χ1v) is 30.2. The Morgan fingerprint density at radius 1 is 0.633 bits per heavy atom. The van der Waals surface area contributed by atoms with Gasteiger partial charge < -0.3 is 20.9 Å². The smallest absolute Gasteiger partial charge is 0.253 e. The number of aromatic nitrogens is 6. The monoisotopic (exact) mass is 1120 g/mol. The number of carbonyl (C=O) groups is 2. The summed E-state index contributed by atoms with van der Waals surface area (Å²) in [7, 11) is -6.45. The lowest BCUT2D eigenvalue weighted by atomic mass is 9.99. The molecule has 2 aliphatic heterocycles. The molecule has 428 valence electrons. The lowest BCUT2D eigenvalue weighted by molar-refractivity contribution is 0.0942. The van der Waals surface area contributed by atoms with Crippen molar-refractivity contribution in [3.05, 3.63) is 160 Å². The predicted octanol–water partition coefficient (Wildman–Crippen LogP) is 10.1. The Kier molecular flexibility index (Phi) is 24.4. The van der Waals surface area contributed by atoms with Gasteiger partial charge in [-0.2, -0.15) is 0 Å². The minimum atomic E-state index is -3.24. The van der Waals surface area contributed by atoms with Crippen molar-refractivity contribution in [3.8, 4) is 0 Å². The van der Waals surface area contributed by atoms with Gasteiger partial charge in [0.1, 0.15) is 5.82 Å². The van der Waals surface area contributed by atoms with Crippen molar-refractivity contribution in [1.82, 2.24) is 50.8 Å². The number of fused-ring (bicyclic) bond motifs is 2. The van der Waals surface area contributed by atoms with Crippen LogP contribution in [-0.2, 0) is 45.9 Å². The van der Waals surface area contributed by atoms with E-state index in [9.17, 15) is 26.4 Å². The van der Waals surface area contributed by atoms with Crippen LogP contribution in [0.15, 0.2) is 107 Å². The second-order valence-electron chi connectivity index (χ2n) is 20.7. The Morgan fingerprint density at radius 2 is 1.10 bits per heavy atom. The lowest BCUT2D eigenvalue weighted by Gasteiger charge is -2.28. The fourth-order valence-electron chi connectivity index (χ4n) is 9.28. The Hall–Kier alpha value is -6.54. The third-order valence-corrected chi connectivity index (χ3v) is 17.0. The van der Waals surface area contributed by atoms with Gasteiger partial charge in [-0.15, -0.1) is 0 Å². The number of hydrogen-bond acceptors (Lipinski definition) is 15. The molecular formula is C60H85N11O6S2. The Bertz CT molecular complexity index is 3150. The molecule has 2 atom stereocenters. The molecule has 6 heterocycles. The van der Waals surface area contributed by atoms with Crippen LogP contribution in [0.3, 0.4) is 0 Å². The fraction of sp³-hybridized carbons (Fsp3) is 0.467. The van der Waals surface area contributed by atoms with Gasteiger partial charge in [0, 0.05) is 74.4 Å². The average molecular weight is 1120 g/mol. The van der Waals surface area contributed by atoms with Crippen LogP contribution >= 0.6 is 0 Å². The van der Waals surface area contributed by atoms with Crippen LogP contribution in [0.5, 0.6) is 0 Å². The average Bonchev–Trinajstić information content (AvgIpc) is 4.03. The number of benzene rings is 2. The van der Waals surface area contributed by atoms with Gasteiger partial charge in [0.05, 0.1) is 55.9 Å². The first-order valence-electron chi connectivity index (χ1n) is 26.9. The summed E-state index contributed by atoms with van der Waals surface area (Å²) >= 11 is 0. The molecule has 0 unspecified atom stereocenters. The maximum absolute atomic E-state index is 12.8. The van der Waals surface area contributed by atoms with E-state index in [4.69, 9.17) is 0 Å². The summed E-state index contributed by atoms with van der Waals surface area (Å²) in [5.41, 5.74) is 8.63. The second kappa shape index (κ2) is 29.6. The van der Waals surface area contributed by atoms with Crippen molar-refractivity contribution >= 4 is 37.4 Å². The minimum Gasteiger partial charge on any atom is -0.348 e. The fourth-order valence-corrected chi connectivity index (χ4v) is 11.0. The van der Waals surface area contributed by atoms with Crippen molar-refractivity contribution in [2.75, 3.05) is 23.0 Å². The SMILES string of the molecule is C.CCN(C(C)C)C(C)C.CCS(=O)(=O)c1ccc(CNC(=O)c2cnc3c(c2)CN(c2nccc(C)n2)[C@H]3C(C)C)cc1.CCS(=O)(=O)c1ccc(CNC(=O)c2cnc3c(c2)CN[C@H]3C(C)C)cc1.Cc1ccnc(C)n1. The van der Waals surface area contributed by atoms with Crippen LogP contribution in [0.4, 0.5) is 5.95 Å². The zero-order valence-corrected chi connectivity index (χ0v) is 49.6. The van der Waals surface area contributed by atoms with E-state index in [0.717, 1.165) is 63.9 Å². The molecule has 17 nitrogen and oxygen atoms in total. The molecule has 0 bridgehead atoms. The molecule has 6 aromatic rings. The van der Waals surface area contributed by atoms with Gasteiger partial charge in [-0.25, -0.2) is 36.8 Å². The third kappa shape index (κ3) is 18.0. The molecule has 2 aromatic carbocycles. The number of nitrogens with zero attached hydrogens (tertiary/aromatic N) is 8. The molecule has 8 rings (SSSR count). The van der Waals surface area contributed by atoms with Gasteiger partial charge in [-0.1, -0.05) is 80.2 Å². The molecule has 0 saturated carbocycles. The second-order valence-corrected chi connectivity index (χ2v) is 25.2. The van der Waals surface area contributed by atoms with E-state index in [1.807, 2.05) is 45.0 Å². The van der Waals surface area contributed by atoms with E-state index >= 15 is 0 Å². The van der Waals surface area contributed by atoms with E-state index in [0.29, 0.717) is 59.6 Å². The highest BCUT2D eigenvalue weighted by atomic mass is 32.2. The van der Waals surface area contributed by atoms with Crippen LogP contribution in [0, 0.1) is 32.6 Å². The molecule has 19 heteroatoms. The molecule has 3 N–H and O–H groups in total. The van der Waals surface area contributed by atoms with Gasteiger partial charge in [0.2, 0.25) is 5.95 Å². The van der Waals surface area contributed by atoms with Gasteiger partial charge >= 0.3 is 0 Å². The first-order chi connectivity index (χ1) is 36.9. The van der Waals surface area contributed by atoms with Crippen LogP contribution in [0.2, 0.25) is 0 Å². The number of rotatable bonds is 16. The number of aryl methyl sites for hydroxylation is 3. The molecule has 0 spiro atoms. The van der Waals surface area contributed by atoms with Crippen LogP contribution < -0.4 is 20.9 Å². The maximum Gasteiger partial charge on any atom is 0.253 e. The number of anilines is 1. The van der Waals surface area contributed by atoms with E-state index in [1.165, 1.54) is 0 Å². The normalized spacial score (nSPS) is 14.5. The van der Waals surface area contributed by atoms with Crippen LogP contribution in [-0.4, -0.2) is 93.6 Å². The van der Waals surface area contributed by atoms with E-state index in [-0.39, 0.29) is 53.6 Å². The summed E-state index contributed by atoms with van der Waals surface area (Å²) in [6.45, 7) is 31.8. The number of hydrogen-bond donors (Lipinski definition) is 3. The molecule has 2 amide bonds. The van der Waals surface area contributed by atoms with Crippen molar-refractivity contribution in [2.45, 2.75) is 164 Å². The quantitative estimate of drug-likeness (QED) is 0.0820. The summed E-state index contributed by atoms with van der Waals surface area (Å²) in [6, 6.07) is 22.4. The highest BCUT2D eigenvalue weighted by Crippen LogP contribution is 2.39. The Labute approximate surface area is 471 Å². The molecular weight excluding hydrogens is 1030 g/mol.